The first-order chi connectivity index (χ1) is 12.8. The van der Waals surface area contributed by atoms with Gasteiger partial charge in [0.2, 0.25) is 0 Å². The molecule has 1 atom stereocenters. The van der Waals surface area contributed by atoms with Crippen LogP contribution in [0.3, 0.4) is 0 Å². The molecule has 0 aliphatic rings. The molecule has 0 saturated carbocycles. The number of imidazole rings is 1. The molecule has 0 radical (unpaired) electrons. The molecule has 1 aromatic carbocycles. The number of carbonyl (C=O) groups is 1. The molecule has 1 amide bonds. The number of halogens is 1. The quantitative estimate of drug-likeness (QED) is 0.769. The largest absolute Gasteiger partial charge is 0.338 e. The molecular formula is C20H21FN4O2. The molecule has 1 N–H and O–H groups in total. The third-order valence-electron chi connectivity index (χ3n) is 4.69. The normalized spacial score (nSPS) is 12.0. The standard InChI is InChI=1S/C20H21FN4O2/c1-12-11-13(2)25(4)20(27)16(12)19(26)23-17(18-22-9-10-24(18)3)14-5-7-15(21)8-6-14/h5-11,17H,1-4H3,(H,23,26). The van der Waals surface area contributed by atoms with Crippen molar-refractivity contribution in [2.75, 3.05) is 0 Å². The molecular weight excluding hydrogens is 347 g/mol. The number of nitrogens with zero attached hydrogens (tertiary/aromatic N) is 3. The van der Waals surface area contributed by atoms with Crippen LogP contribution in [-0.4, -0.2) is 20.0 Å². The second kappa shape index (κ2) is 7.19. The summed E-state index contributed by atoms with van der Waals surface area (Å²) in [5.41, 5.74) is 1.77. The van der Waals surface area contributed by atoms with Crippen LogP contribution in [0.25, 0.3) is 0 Å². The lowest BCUT2D eigenvalue weighted by Gasteiger charge is -2.20. The van der Waals surface area contributed by atoms with E-state index in [1.807, 2.05) is 6.92 Å². The third kappa shape index (κ3) is 3.53. The Kier molecular flexibility index (Phi) is 4.94. The molecule has 3 aromatic rings. The highest BCUT2D eigenvalue weighted by molar-refractivity contribution is 5.95. The lowest BCUT2D eigenvalue weighted by Crippen LogP contribution is -2.37. The molecule has 2 heterocycles. The van der Waals surface area contributed by atoms with E-state index >= 15 is 0 Å². The number of amides is 1. The minimum absolute atomic E-state index is 0.0874. The molecule has 0 saturated heterocycles. The Bertz CT molecular complexity index is 1050. The molecule has 0 fully saturated rings. The van der Waals surface area contributed by atoms with Gasteiger partial charge in [-0.3, -0.25) is 9.59 Å². The van der Waals surface area contributed by atoms with Crippen LogP contribution in [-0.2, 0) is 14.1 Å². The average Bonchev–Trinajstić information content (AvgIpc) is 3.04. The van der Waals surface area contributed by atoms with Crippen molar-refractivity contribution in [2.24, 2.45) is 14.1 Å². The number of carbonyl (C=O) groups excluding carboxylic acids is 1. The SMILES string of the molecule is Cc1cc(C)n(C)c(=O)c1C(=O)NC(c1ccc(F)cc1)c1nccn1C. The van der Waals surface area contributed by atoms with Gasteiger partial charge >= 0.3 is 0 Å². The van der Waals surface area contributed by atoms with E-state index < -0.39 is 11.9 Å². The van der Waals surface area contributed by atoms with Crippen LogP contribution in [0.4, 0.5) is 4.39 Å². The van der Waals surface area contributed by atoms with Gasteiger partial charge in [-0.25, -0.2) is 9.37 Å². The van der Waals surface area contributed by atoms with Gasteiger partial charge in [-0.15, -0.1) is 0 Å². The Labute approximate surface area is 156 Å². The first-order valence-corrected chi connectivity index (χ1v) is 8.50. The van der Waals surface area contributed by atoms with Crippen LogP contribution < -0.4 is 10.9 Å². The number of aromatic nitrogens is 3. The summed E-state index contributed by atoms with van der Waals surface area (Å²) < 4.78 is 16.5. The Hall–Kier alpha value is -3.22. The summed E-state index contributed by atoms with van der Waals surface area (Å²) in [5, 5.41) is 2.88. The fourth-order valence-electron chi connectivity index (χ4n) is 3.07. The Morgan fingerprint density at radius 2 is 1.85 bits per heavy atom. The molecule has 0 bridgehead atoms. The van der Waals surface area contributed by atoms with Gasteiger partial charge in [-0.2, -0.15) is 0 Å². The van der Waals surface area contributed by atoms with Crippen molar-refractivity contribution in [1.82, 2.24) is 19.4 Å². The van der Waals surface area contributed by atoms with Crippen LogP contribution in [0.2, 0.25) is 0 Å². The lowest BCUT2D eigenvalue weighted by atomic mass is 10.0. The zero-order chi connectivity index (χ0) is 19.7. The van der Waals surface area contributed by atoms with E-state index in [0.29, 0.717) is 17.0 Å². The van der Waals surface area contributed by atoms with Gasteiger partial charge in [-0.05, 0) is 43.2 Å². The first kappa shape index (κ1) is 18.6. The second-order valence-electron chi connectivity index (χ2n) is 6.56. The molecule has 140 valence electrons. The number of aryl methyl sites for hydroxylation is 3. The van der Waals surface area contributed by atoms with Gasteiger partial charge in [-0.1, -0.05) is 12.1 Å². The highest BCUT2D eigenvalue weighted by Gasteiger charge is 2.24. The third-order valence-corrected chi connectivity index (χ3v) is 4.69. The summed E-state index contributed by atoms with van der Waals surface area (Å²) in [4.78, 5) is 29.9. The molecule has 3 rings (SSSR count). The van der Waals surface area contributed by atoms with Crippen molar-refractivity contribution in [3.8, 4) is 0 Å². The maximum absolute atomic E-state index is 13.3. The van der Waals surface area contributed by atoms with Crippen molar-refractivity contribution < 1.29 is 9.18 Å². The van der Waals surface area contributed by atoms with Gasteiger partial charge in [0, 0.05) is 32.2 Å². The van der Waals surface area contributed by atoms with Crippen LogP contribution >= 0.6 is 0 Å². The van der Waals surface area contributed by atoms with E-state index in [9.17, 15) is 14.0 Å². The monoisotopic (exact) mass is 368 g/mol. The topological polar surface area (TPSA) is 68.9 Å². The average molecular weight is 368 g/mol. The van der Waals surface area contributed by atoms with Gasteiger partial charge in [0.15, 0.2) is 0 Å². The minimum Gasteiger partial charge on any atom is -0.338 e. The summed E-state index contributed by atoms with van der Waals surface area (Å²) in [6.07, 6.45) is 3.38. The van der Waals surface area contributed by atoms with E-state index in [4.69, 9.17) is 0 Å². The summed E-state index contributed by atoms with van der Waals surface area (Å²) in [6, 6.07) is 7.01. The van der Waals surface area contributed by atoms with Crippen LogP contribution in [0.5, 0.6) is 0 Å². The second-order valence-corrected chi connectivity index (χ2v) is 6.56. The zero-order valence-electron chi connectivity index (χ0n) is 15.7. The van der Waals surface area contributed by atoms with E-state index in [0.717, 1.165) is 5.69 Å². The van der Waals surface area contributed by atoms with Gasteiger partial charge in [0.1, 0.15) is 23.2 Å². The number of hydrogen-bond donors (Lipinski definition) is 1. The Morgan fingerprint density at radius 1 is 1.19 bits per heavy atom. The van der Waals surface area contributed by atoms with Gasteiger partial charge < -0.3 is 14.5 Å². The molecule has 0 aliphatic carbocycles. The maximum Gasteiger partial charge on any atom is 0.263 e. The predicted octanol–water partition coefficient (Wildman–Crippen LogP) is 2.39. The maximum atomic E-state index is 13.3. The Balaban J connectivity index is 2.04. The van der Waals surface area contributed by atoms with Crippen molar-refractivity contribution in [1.29, 1.82) is 0 Å². The van der Waals surface area contributed by atoms with E-state index in [1.54, 1.807) is 56.2 Å². The summed E-state index contributed by atoms with van der Waals surface area (Å²) >= 11 is 0. The summed E-state index contributed by atoms with van der Waals surface area (Å²) in [6.45, 7) is 3.54. The fraction of sp³-hybridized carbons (Fsp3) is 0.250. The van der Waals surface area contributed by atoms with E-state index in [2.05, 4.69) is 10.3 Å². The van der Waals surface area contributed by atoms with Crippen molar-refractivity contribution in [2.45, 2.75) is 19.9 Å². The molecule has 27 heavy (non-hydrogen) atoms. The molecule has 6 nitrogen and oxygen atoms in total. The van der Waals surface area contributed by atoms with Gasteiger partial charge in [0.05, 0.1) is 0 Å². The number of hydrogen-bond acceptors (Lipinski definition) is 3. The minimum atomic E-state index is -0.622. The fourth-order valence-corrected chi connectivity index (χ4v) is 3.07. The van der Waals surface area contributed by atoms with Crippen molar-refractivity contribution >= 4 is 5.91 Å². The molecule has 7 heteroatoms. The highest BCUT2D eigenvalue weighted by atomic mass is 19.1. The molecule has 1 unspecified atom stereocenters. The van der Waals surface area contributed by atoms with Crippen LogP contribution in [0.15, 0.2) is 47.5 Å². The summed E-state index contributed by atoms with van der Waals surface area (Å²) in [7, 11) is 3.44. The van der Waals surface area contributed by atoms with E-state index in [1.165, 1.54) is 16.7 Å². The molecule has 0 spiro atoms. The number of pyridine rings is 1. The van der Waals surface area contributed by atoms with E-state index in [-0.39, 0.29) is 16.9 Å². The highest BCUT2D eigenvalue weighted by Crippen LogP contribution is 2.21. The van der Waals surface area contributed by atoms with Crippen molar-refractivity contribution in [3.05, 3.63) is 87.1 Å². The number of benzene rings is 1. The number of nitrogens with one attached hydrogen (secondary N) is 1. The Morgan fingerprint density at radius 3 is 2.44 bits per heavy atom. The van der Waals surface area contributed by atoms with Crippen molar-refractivity contribution in [3.63, 3.8) is 0 Å². The smallest absolute Gasteiger partial charge is 0.263 e. The summed E-state index contributed by atoms with van der Waals surface area (Å²) in [5.74, 6) is -0.283. The zero-order valence-corrected chi connectivity index (χ0v) is 15.7. The predicted molar refractivity (Wildman–Crippen MR) is 100 cm³/mol. The van der Waals surface area contributed by atoms with Gasteiger partial charge in [0.25, 0.3) is 11.5 Å². The molecule has 0 aliphatic heterocycles. The molecule has 2 aromatic heterocycles. The lowest BCUT2D eigenvalue weighted by molar-refractivity contribution is 0.0938. The van der Waals surface area contributed by atoms with Crippen LogP contribution in [0.1, 0.15) is 39.0 Å². The van der Waals surface area contributed by atoms with Crippen LogP contribution in [0, 0.1) is 19.7 Å². The first-order valence-electron chi connectivity index (χ1n) is 8.50. The number of rotatable bonds is 4.